The highest BCUT2D eigenvalue weighted by molar-refractivity contribution is 7.91. The van der Waals surface area contributed by atoms with Crippen molar-refractivity contribution < 1.29 is 18.3 Å². The Labute approximate surface area is 96.1 Å². The topological polar surface area (TPSA) is 83.5 Å². The number of sulfone groups is 1. The van der Waals surface area contributed by atoms with Gasteiger partial charge in [-0.3, -0.25) is 4.79 Å². The third-order valence-electron chi connectivity index (χ3n) is 2.77. The van der Waals surface area contributed by atoms with Gasteiger partial charge < -0.3 is 10.4 Å². The van der Waals surface area contributed by atoms with E-state index in [2.05, 4.69) is 5.32 Å². The third-order valence-corrected chi connectivity index (χ3v) is 4.60. The largest absolute Gasteiger partial charge is 0.481 e. The zero-order valence-corrected chi connectivity index (χ0v) is 10.3. The molecule has 1 aliphatic heterocycles. The first-order valence-electron chi connectivity index (χ1n) is 5.57. The number of carbonyl (C=O) groups is 1. The van der Waals surface area contributed by atoms with Crippen LogP contribution in [0.2, 0.25) is 0 Å². The molecule has 2 unspecified atom stereocenters. The molecule has 0 spiro atoms. The van der Waals surface area contributed by atoms with E-state index in [1.165, 1.54) is 0 Å². The molecule has 16 heavy (non-hydrogen) atoms. The number of hydrogen-bond donors (Lipinski definition) is 2. The lowest BCUT2D eigenvalue weighted by Gasteiger charge is -2.26. The van der Waals surface area contributed by atoms with E-state index in [0.29, 0.717) is 12.8 Å². The Morgan fingerprint density at radius 2 is 2.25 bits per heavy atom. The summed E-state index contributed by atoms with van der Waals surface area (Å²) in [6.45, 7) is 1.89. The average molecular weight is 249 g/mol. The van der Waals surface area contributed by atoms with E-state index in [9.17, 15) is 13.2 Å². The summed E-state index contributed by atoms with van der Waals surface area (Å²) >= 11 is 0. The van der Waals surface area contributed by atoms with E-state index in [1.807, 2.05) is 6.92 Å². The van der Waals surface area contributed by atoms with E-state index in [0.717, 1.165) is 6.42 Å². The smallest absolute Gasteiger partial charge is 0.303 e. The summed E-state index contributed by atoms with van der Waals surface area (Å²) in [7, 11) is -2.89. The number of nitrogens with one attached hydrogen (secondary N) is 1. The zero-order valence-electron chi connectivity index (χ0n) is 9.48. The molecule has 0 saturated carbocycles. The Kier molecular flexibility index (Phi) is 4.73. The molecule has 1 aliphatic rings. The van der Waals surface area contributed by atoms with Gasteiger partial charge in [-0.2, -0.15) is 0 Å². The van der Waals surface area contributed by atoms with Crippen LogP contribution >= 0.6 is 0 Å². The monoisotopic (exact) mass is 249 g/mol. The fourth-order valence-corrected chi connectivity index (χ4v) is 3.63. The maximum atomic E-state index is 11.4. The summed E-state index contributed by atoms with van der Waals surface area (Å²) < 4.78 is 22.7. The number of aliphatic carboxylic acids is 1. The SMILES string of the molecule is CC(CCC(=O)O)NC1CCCS(=O)(=O)C1. The van der Waals surface area contributed by atoms with E-state index in [-0.39, 0.29) is 30.0 Å². The molecule has 94 valence electrons. The summed E-state index contributed by atoms with van der Waals surface area (Å²) in [6.07, 6.45) is 2.21. The van der Waals surface area contributed by atoms with Crippen LogP contribution in [0.25, 0.3) is 0 Å². The summed E-state index contributed by atoms with van der Waals surface area (Å²) in [5.41, 5.74) is 0. The lowest BCUT2D eigenvalue weighted by atomic mass is 10.1. The summed E-state index contributed by atoms with van der Waals surface area (Å²) in [5, 5.41) is 11.7. The van der Waals surface area contributed by atoms with Crippen molar-refractivity contribution in [1.29, 1.82) is 0 Å². The Morgan fingerprint density at radius 1 is 1.56 bits per heavy atom. The van der Waals surface area contributed by atoms with Crippen LogP contribution in [0.1, 0.15) is 32.6 Å². The Morgan fingerprint density at radius 3 is 2.81 bits per heavy atom. The Hall–Kier alpha value is -0.620. The number of rotatable bonds is 5. The van der Waals surface area contributed by atoms with Crippen LogP contribution in [0.4, 0.5) is 0 Å². The highest BCUT2D eigenvalue weighted by Gasteiger charge is 2.25. The second-order valence-corrected chi connectivity index (χ2v) is 6.68. The molecule has 1 heterocycles. The normalized spacial score (nSPS) is 26.2. The minimum atomic E-state index is -2.89. The quantitative estimate of drug-likeness (QED) is 0.737. The lowest BCUT2D eigenvalue weighted by Crippen LogP contribution is -2.44. The van der Waals surface area contributed by atoms with E-state index in [1.54, 1.807) is 0 Å². The highest BCUT2D eigenvalue weighted by Crippen LogP contribution is 2.13. The van der Waals surface area contributed by atoms with Crippen LogP contribution in [-0.4, -0.2) is 43.1 Å². The van der Waals surface area contributed by atoms with Gasteiger partial charge in [0.15, 0.2) is 9.84 Å². The summed E-state index contributed by atoms with van der Waals surface area (Å²) in [4.78, 5) is 10.4. The molecular formula is C10H19NO4S. The van der Waals surface area contributed by atoms with Crippen molar-refractivity contribution in [2.75, 3.05) is 11.5 Å². The molecule has 0 aromatic heterocycles. The van der Waals surface area contributed by atoms with E-state index >= 15 is 0 Å². The second kappa shape index (κ2) is 5.63. The summed E-state index contributed by atoms with van der Waals surface area (Å²) in [6, 6.07) is 0.0388. The van der Waals surface area contributed by atoms with Crippen molar-refractivity contribution in [3.05, 3.63) is 0 Å². The minimum Gasteiger partial charge on any atom is -0.481 e. The fourth-order valence-electron chi connectivity index (χ4n) is 1.98. The molecule has 0 aromatic carbocycles. The van der Waals surface area contributed by atoms with Crippen LogP contribution < -0.4 is 5.32 Å². The van der Waals surface area contributed by atoms with Crippen LogP contribution in [-0.2, 0) is 14.6 Å². The molecule has 1 rings (SSSR count). The van der Waals surface area contributed by atoms with Crippen molar-refractivity contribution in [1.82, 2.24) is 5.32 Å². The van der Waals surface area contributed by atoms with Gasteiger partial charge in [-0.15, -0.1) is 0 Å². The third kappa shape index (κ3) is 4.94. The molecule has 0 amide bonds. The maximum Gasteiger partial charge on any atom is 0.303 e. The van der Waals surface area contributed by atoms with E-state index in [4.69, 9.17) is 5.11 Å². The summed E-state index contributed by atoms with van der Waals surface area (Å²) in [5.74, 6) is -0.344. The van der Waals surface area contributed by atoms with Crippen molar-refractivity contribution in [2.45, 2.75) is 44.7 Å². The molecular weight excluding hydrogens is 230 g/mol. The van der Waals surface area contributed by atoms with Gasteiger partial charge in [-0.25, -0.2) is 8.42 Å². The molecule has 1 saturated heterocycles. The fraction of sp³-hybridized carbons (Fsp3) is 0.900. The van der Waals surface area contributed by atoms with Crippen LogP contribution in [0.15, 0.2) is 0 Å². The van der Waals surface area contributed by atoms with Crippen molar-refractivity contribution >= 4 is 15.8 Å². The van der Waals surface area contributed by atoms with E-state index < -0.39 is 15.8 Å². The number of carboxylic acid groups (broad SMARTS) is 1. The number of hydrogen-bond acceptors (Lipinski definition) is 4. The Bertz CT molecular complexity index is 339. The molecule has 0 bridgehead atoms. The second-order valence-electron chi connectivity index (χ2n) is 4.45. The molecule has 2 N–H and O–H groups in total. The van der Waals surface area contributed by atoms with Gasteiger partial charge in [0, 0.05) is 18.5 Å². The van der Waals surface area contributed by atoms with Gasteiger partial charge in [-0.1, -0.05) is 0 Å². The first-order chi connectivity index (χ1) is 7.39. The van der Waals surface area contributed by atoms with Crippen LogP contribution in [0.5, 0.6) is 0 Å². The van der Waals surface area contributed by atoms with Gasteiger partial charge in [0.25, 0.3) is 0 Å². The molecule has 0 aromatic rings. The molecule has 0 aliphatic carbocycles. The average Bonchev–Trinajstić information content (AvgIpc) is 2.13. The first kappa shape index (κ1) is 13.4. The van der Waals surface area contributed by atoms with Gasteiger partial charge in [0.1, 0.15) is 0 Å². The van der Waals surface area contributed by atoms with Gasteiger partial charge in [-0.05, 0) is 26.2 Å². The highest BCUT2D eigenvalue weighted by atomic mass is 32.2. The molecule has 5 nitrogen and oxygen atoms in total. The lowest BCUT2D eigenvalue weighted by molar-refractivity contribution is -0.137. The Balaban J connectivity index is 2.33. The molecule has 2 atom stereocenters. The predicted octanol–water partition coefficient (Wildman–Crippen LogP) is 0.407. The maximum absolute atomic E-state index is 11.4. The van der Waals surface area contributed by atoms with Crippen molar-refractivity contribution in [3.8, 4) is 0 Å². The predicted molar refractivity (Wildman–Crippen MR) is 61.1 cm³/mol. The first-order valence-corrected chi connectivity index (χ1v) is 7.39. The van der Waals surface area contributed by atoms with Crippen molar-refractivity contribution in [2.24, 2.45) is 0 Å². The molecule has 1 fully saturated rings. The molecule has 6 heteroatoms. The molecule has 0 radical (unpaired) electrons. The zero-order chi connectivity index (χ0) is 12.2. The van der Waals surface area contributed by atoms with Crippen LogP contribution in [0.3, 0.4) is 0 Å². The van der Waals surface area contributed by atoms with Gasteiger partial charge in [0.2, 0.25) is 0 Å². The van der Waals surface area contributed by atoms with Gasteiger partial charge >= 0.3 is 5.97 Å². The van der Waals surface area contributed by atoms with Crippen molar-refractivity contribution in [3.63, 3.8) is 0 Å². The minimum absolute atomic E-state index is 0.0115. The standard InChI is InChI=1S/C10H19NO4S/c1-8(4-5-10(12)13)11-9-3-2-6-16(14,15)7-9/h8-9,11H,2-7H2,1H3,(H,12,13). The van der Waals surface area contributed by atoms with Crippen LogP contribution in [0, 0.1) is 0 Å². The van der Waals surface area contributed by atoms with Gasteiger partial charge in [0.05, 0.1) is 11.5 Å². The number of carboxylic acids is 1.